The highest BCUT2D eigenvalue weighted by Gasteiger charge is 2.09. The van der Waals surface area contributed by atoms with Gasteiger partial charge in [0.2, 0.25) is 0 Å². The molecule has 1 heterocycles. The largest absolute Gasteiger partial charge is 0.490 e. The molecule has 19 heavy (non-hydrogen) atoms. The van der Waals surface area contributed by atoms with Gasteiger partial charge in [-0.2, -0.15) is 5.10 Å². The number of nitrogens with one attached hydrogen (secondary N) is 1. The maximum absolute atomic E-state index is 13.7. The highest BCUT2D eigenvalue weighted by Crippen LogP contribution is 2.22. The third-order valence-electron chi connectivity index (χ3n) is 2.94. The zero-order chi connectivity index (χ0) is 13.7. The number of para-hydroxylation sites is 1. The number of benzene rings is 1. The molecular weight excluding hydrogens is 245 g/mol. The average Bonchev–Trinajstić information content (AvgIpc) is 2.79. The fourth-order valence-electron chi connectivity index (χ4n) is 1.95. The molecule has 0 saturated carbocycles. The molecule has 2 rings (SSSR count). The predicted octanol–water partition coefficient (Wildman–Crippen LogP) is 1.90. The van der Waals surface area contributed by atoms with Crippen molar-refractivity contribution in [3.63, 3.8) is 0 Å². The molecule has 0 bridgehead atoms. The molecule has 0 fully saturated rings. The topological polar surface area (TPSA) is 39.1 Å². The first-order valence-electron chi connectivity index (χ1n) is 6.24. The van der Waals surface area contributed by atoms with Gasteiger partial charge in [-0.15, -0.1) is 0 Å². The van der Waals surface area contributed by atoms with Gasteiger partial charge in [0.05, 0.1) is 6.61 Å². The number of aromatic nitrogens is 2. The average molecular weight is 263 g/mol. The van der Waals surface area contributed by atoms with E-state index >= 15 is 0 Å². The maximum atomic E-state index is 13.7. The van der Waals surface area contributed by atoms with Crippen LogP contribution in [0.2, 0.25) is 0 Å². The molecule has 1 aromatic heterocycles. The van der Waals surface area contributed by atoms with Gasteiger partial charge >= 0.3 is 0 Å². The van der Waals surface area contributed by atoms with Crippen molar-refractivity contribution in [2.75, 3.05) is 13.7 Å². The van der Waals surface area contributed by atoms with E-state index in [1.54, 1.807) is 16.9 Å². The van der Waals surface area contributed by atoms with Gasteiger partial charge < -0.3 is 10.1 Å². The van der Waals surface area contributed by atoms with Crippen molar-refractivity contribution in [3.8, 4) is 5.75 Å². The Hall–Kier alpha value is -1.88. The Kier molecular flexibility index (Phi) is 4.52. The number of ether oxygens (including phenoxy) is 1. The lowest BCUT2D eigenvalue weighted by atomic mass is 10.2. The minimum atomic E-state index is -0.322. The zero-order valence-corrected chi connectivity index (χ0v) is 11.2. The van der Waals surface area contributed by atoms with Crippen LogP contribution in [-0.4, -0.2) is 23.4 Å². The predicted molar refractivity (Wildman–Crippen MR) is 71.6 cm³/mol. The summed E-state index contributed by atoms with van der Waals surface area (Å²) >= 11 is 0. The first-order valence-corrected chi connectivity index (χ1v) is 6.24. The van der Waals surface area contributed by atoms with Gasteiger partial charge in [-0.1, -0.05) is 12.1 Å². The Morgan fingerprint density at radius 1 is 1.37 bits per heavy atom. The fourth-order valence-corrected chi connectivity index (χ4v) is 1.95. The Morgan fingerprint density at radius 2 is 2.21 bits per heavy atom. The summed E-state index contributed by atoms with van der Waals surface area (Å²) in [7, 11) is 3.70. The smallest absolute Gasteiger partial charge is 0.165 e. The van der Waals surface area contributed by atoms with Crippen LogP contribution < -0.4 is 10.1 Å². The fraction of sp³-hybridized carbons (Fsp3) is 0.357. The van der Waals surface area contributed by atoms with Crippen molar-refractivity contribution < 1.29 is 9.13 Å². The molecule has 0 amide bonds. The van der Waals surface area contributed by atoms with Crippen molar-refractivity contribution in [2.24, 2.45) is 7.05 Å². The minimum absolute atomic E-state index is 0.322. The van der Waals surface area contributed by atoms with Crippen LogP contribution in [0.5, 0.6) is 5.75 Å². The second-order valence-corrected chi connectivity index (χ2v) is 4.30. The molecule has 0 radical (unpaired) electrons. The lowest BCUT2D eigenvalue weighted by molar-refractivity contribution is 0.298. The Morgan fingerprint density at radius 3 is 2.89 bits per heavy atom. The maximum Gasteiger partial charge on any atom is 0.165 e. The van der Waals surface area contributed by atoms with Crippen molar-refractivity contribution >= 4 is 0 Å². The summed E-state index contributed by atoms with van der Waals surface area (Å²) in [6.07, 6.45) is 2.44. The van der Waals surface area contributed by atoms with Crippen LogP contribution in [0.4, 0.5) is 4.39 Å². The number of rotatable bonds is 6. The molecule has 102 valence electrons. The number of nitrogens with zero attached hydrogens (tertiary/aromatic N) is 2. The normalized spacial score (nSPS) is 10.7. The first-order chi connectivity index (χ1) is 9.22. The molecule has 5 heteroatoms. The van der Waals surface area contributed by atoms with Crippen molar-refractivity contribution in [2.45, 2.75) is 13.0 Å². The highest BCUT2D eigenvalue weighted by molar-refractivity contribution is 5.34. The lowest BCUT2D eigenvalue weighted by Crippen LogP contribution is -2.11. The quantitative estimate of drug-likeness (QED) is 0.865. The van der Waals surface area contributed by atoms with E-state index in [2.05, 4.69) is 10.4 Å². The van der Waals surface area contributed by atoms with Crippen LogP contribution in [0.15, 0.2) is 30.5 Å². The summed E-state index contributed by atoms with van der Waals surface area (Å²) in [5.41, 5.74) is 1.89. The standard InChI is InChI=1S/C14H18FN3O/c1-16-10-11-4-3-5-13(15)14(11)19-9-7-12-6-8-17-18(12)2/h3-6,8,16H,7,9-10H2,1-2H3. The number of aryl methyl sites for hydroxylation is 1. The molecule has 0 aliphatic carbocycles. The summed E-state index contributed by atoms with van der Waals surface area (Å²) in [5.74, 6) is 0.0109. The summed E-state index contributed by atoms with van der Waals surface area (Å²) in [4.78, 5) is 0. The summed E-state index contributed by atoms with van der Waals surface area (Å²) in [6.45, 7) is 1.01. The van der Waals surface area contributed by atoms with Crippen LogP contribution in [0.1, 0.15) is 11.3 Å². The van der Waals surface area contributed by atoms with Crippen LogP contribution >= 0.6 is 0 Å². The van der Waals surface area contributed by atoms with E-state index in [9.17, 15) is 4.39 Å². The lowest BCUT2D eigenvalue weighted by Gasteiger charge is -2.12. The molecule has 0 saturated heterocycles. The molecule has 0 atom stereocenters. The summed E-state index contributed by atoms with van der Waals surface area (Å²) < 4.78 is 21.1. The van der Waals surface area contributed by atoms with Crippen LogP contribution in [-0.2, 0) is 20.0 Å². The van der Waals surface area contributed by atoms with Crippen LogP contribution in [0.3, 0.4) is 0 Å². The van der Waals surface area contributed by atoms with Crippen molar-refractivity contribution in [3.05, 3.63) is 47.5 Å². The van der Waals surface area contributed by atoms with E-state index in [1.165, 1.54) is 6.07 Å². The summed E-state index contributed by atoms with van der Waals surface area (Å²) in [5, 5.41) is 7.09. The van der Waals surface area contributed by atoms with Crippen LogP contribution in [0.25, 0.3) is 0 Å². The van der Waals surface area contributed by atoms with E-state index in [0.717, 1.165) is 11.3 Å². The number of hydrogen-bond donors (Lipinski definition) is 1. The van der Waals surface area contributed by atoms with E-state index in [-0.39, 0.29) is 5.82 Å². The monoisotopic (exact) mass is 263 g/mol. The molecule has 0 aliphatic rings. The van der Waals surface area contributed by atoms with Crippen molar-refractivity contribution in [1.82, 2.24) is 15.1 Å². The van der Waals surface area contributed by atoms with Gasteiger partial charge in [0, 0.05) is 37.5 Å². The molecule has 0 spiro atoms. The van der Waals surface area contributed by atoms with E-state index in [4.69, 9.17) is 4.74 Å². The van der Waals surface area contributed by atoms with E-state index < -0.39 is 0 Å². The van der Waals surface area contributed by atoms with Crippen molar-refractivity contribution in [1.29, 1.82) is 0 Å². The Balaban J connectivity index is 2.01. The number of hydrogen-bond acceptors (Lipinski definition) is 3. The third kappa shape index (κ3) is 3.32. The zero-order valence-electron chi connectivity index (χ0n) is 11.2. The van der Waals surface area contributed by atoms with Gasteiger partial charge in [0.1, 0.15) is 0 Å². The minimum Gasteiger partial charge on any atom is -0.490 e. The van der Waals surface area contributed by atoms with E-state index in [1.807, 2.05) is 26.2 Å². The molecule has 0 unspecified atom stereocenters. The van der Waals surface area contributed by atoms with Gasteiger partial charge in [-0.05, 0) is 19.2 Å². The molecule has 2 aromatic rings. The Labute approximate surface area is 112 Å². The van der Waals surface area contributed by atoms with Gasteiger partial charge in [-0.3, -0.25) is 4.68 Å². The second kappa shape index (κ2) is 6.33. The first kappa shape index (κ1) is 13.5. The van der Waals surface area contributed by atoms with Gasteiger partial charge in [0.25, 0.3) is 0 Å². The van der Waals surface area contributed by atoms with Crippen LogP contribution in [0, 0.1) is 5.82 Å². The Bertz CT molecular complexity index is 539. The van der Waals surface area contributed by atoms with E-state index in [0.29, 0.717) is 25.3 Å². The molecular formula is C14H18FN3O. The molecule has 0 aliphatic heterocycles. The summed E-state index contributed by atoms with van der Waals surface area (Å²) in [6, 6.07) is 6.90. The third-order valence-corrected chi connectivity index (χ3v) is 2.94. The van der Waals surface area contributed by atoms with Gasteiger partial charge in [-0.25, -0.2) is 4.39 Å². The highest BCUT2D eigenvalue weighted by atomic mass is 19.1. The molecule has 4 nitrogen and oxygen atoms in total. The SMILES string of the molecule is CNCc1cccc(F)c1OCCc1ccnn1C. The number of halogens is 1. The molecule has 1 aromatic carbocycles. The molecule has 1 N–H and O–H groups in total. The van der Waals surface area contributed by atoms with Gasteiger partial charge in [0.15, 0.2) is 11.6 Å². The second-order valence-electron chi connectivity index (χ2n) is 4.30.